The zero-order valence-electron chi connectivity index (χ0n) is 12.0. The molecule has 0 fully saturated rings. The van der Waals surface area contributed by atoms with Crippen LogP contribution in [0.4, 0.5) is 8.78 Å². The Morgan fingerprint density at radius 3 is 2.75 bits per heavy atom. The van der Waals surface area contributed by atoms with Gasteiger partial charge in [0.25, 0.3) is 5.89 Å². The molecule has 0 atom stereocenters. The van der Waals surface area contributed by atoms with Crippen molar-refractivity contribution in [3.8, 4) is 11.4 Å². The molecule has 0 saturated carbocycles. The Bertz CT molecular complexity index is 899. The smallest absolute Gasteiger partial charge is 0.338 e. The second-order valence-corrected chi connectivity index (χ2v) is 5.64. The molecule has 122 valence electrons. The van der Waals surface area contributed by atoms with Crippen LogP contribution >= 0.6 is 15.9 Å². The van der Waals surface area contributed by atoms with E-state index < -0.39 is 17.6 Å². The van der Waals surface area contributed by atoms with Gasteiger partial charge < -0.3 is 9.26 Å². The van der Waals surface area contributed by atoms with Gasteiger partial charge in [-0.05, 0) is 30.3 Å². The van der Waals surface area contributed by atoms with E-state index in [1.54, 1.807) is 6.07 Å². The lowest BCUT2D eigenvalue weighted by Crippen LogP contribution is -2.06. The molecule has 1 heterocycles. The zero-order chi connectivity index (χ0) is 17.1. The zero-order valence-corrected chi connectivity index (χ0v) is 13.6. The highest BCUT2D eigenvalue weighted by molar-refractivity contribution is 9.10. The van der Waals surface area contributed by atoms with Crippen molar-refractivity contribution in [2.75, 3.05) is 0 Å². The first-order chi connectivity index (χ1) is 11.5. The summed E-state index contributed by atoms with van der Waals surface area (Å²) in [6.45, 7) is -0.279. The Hall–Kier alpha value is -2.61. The van der Waals surface area contributed by atoms with Gasteiger partial charge in [0.1, 0.15) is 0 Å². The van der Waals surface area contributed by atoms with Crippen molar-refractivity contribution in [3.05, 3.63) is 70.0 Å². The summed E-state index contributed by atoms with van der Waals surface area (Å²) >= 11 is 3.34. The van der Waals surface area contributed by atoms with Crippen molar-refractivity contribution in [3.63, 3.8) is 0 Å². The van der Waals surface area contributed by atoms with E-state index in [1.165, 1.54) is 0 Å². The lowest BCUT2D eigenvalue weighted by atomic mass is 10.2. The fourth-order valence-corrected chi connectivity index (χ4v) is 2.29. The molecule has 24 heavy (non-hydrogen) atoms. The maximum atomic E-state index is 13.1. The predicted molar refractivity (Wildman–Crippen MR) is 82.9 cm³/mol. The minimum absolute atomic E-state index is 0.0842. The van der Waals surface area contributed by atoms with Gasteiger partial charge in [0.05, 0.1) is 5.56 Å². The van der Waals surface area contributed by atoms with Crippen molar-refractivity contribution < 1.29 is 22.8 Å². The van der Waals surface area contributed by atoms with Crippen LogP contribution in [0.5, 0.6) is 0 Å². The van der Waals surface area contributed by atoms with Gasteiger partial charge in [-0.3, -0.25) is 0 Å². The van der Waals surface area contributed by atoms with Crippen LogP contribution in [0.1, 0.15) is 16.2 Å². The van der Waals surface area contributed by atoms with Crippen molar-refractivity contribution in [1.82, 2.24) is 10.1 Å². The number of carbonyl (C=O) groups is 1. The highest BCUT2D eigenvalue weighted by Crippen LogP contribution is 2.20. The van der Waals surface area contributed by atoms with E-state index in [0.717, 1.165) is 28.2 Å². The quantitative estimate of drug-likeness (QED) is 0.622. The molecule has 3 aromatic rings. The Morgan fingerprint density at radius 1 is 1.17 bits per heavy atom. The fraction of sp³-hybridized carbons (Fsp3) is 0.0625. The molecular formula is C16H9BrF2N2O3. The summed E-state index contributed by atoms with van der Waals surface area (Å²) < 4.78 is 36.7. The summed E-state index contributed by atoms with van der Waals surface area (Å²) in [6.07, 6.45) is 0. The highest BCUT2D eigenvalue weighted by Gasteiger charge is 2.14. The Balaban J connectivity index is 1.67. The van der Waals surface area contributed by atoms with Crippen LogP contribution in [0.15, 0.2) is 51.5 Å². The SMILES string of the molecule is O=C(OCc1nc(-c2cccc(Br)c2)no1)c1ccc(F)c(F)c1. The topological polar surface area (TPSA) is 65.2 Å². The second-order valence-electron chi connectivity index (χ2n) is 4.73. The number of ether oxygens (including phenoxy) is 1. The van der Waals surface area contributed by atoms with Crippen LogP contribution in [-0.4, -0.2) is 16.1 Å². The van der Waals surface area contributed by atoms with Crippen LogP contribution in [0, 0.1) is 11.6 Å². The number of halogens is 3. The van der Waals surface area contributed by atoms with Gasteiger partial charge in [-0.1, -0.05) is 33.2 Å². The molecule has 0 N–H and O–H groups in total. The maximum absolute atomic E-state index is 13.1. The summed E-state index contributed by atoms with van der Waals surface area (Å²) in [4.78, 5) is 15.9. The lowest BCUT2D eigenvalue weighted by Gasteiger charge is -2.02. The number of carbonyl (C=O) groups excluding carboxylic acids is 1. The predicted octanol–water partition coefficient (Wildman–Crippen LogP) is 4.13. The summed E-state index contributed by atoms with van der Waals surface area (Å²) in [5.41, 5.74) is 0.618. The van der Waals surface area contributed by atoms with Crippen LogP contribution in [0.25, 0.3) is 11.4 Å². The number of esters is 1. The maximum Gasteiger partial charge on any atom is 0.338 e. The van der Waals surface area contributed by atoms with Crippen molar-refractivity contribution in [1.29, 1.82) is 0 Å². The summed E-state index contributed by atoms with van der Waals surface area (Å²) in [7, 11) is 0. The molecule has 3 rings (SSSR count). The number of hydrogen-bond acceptors (Lipinski definition) is 5. The van der Waals surface area contributed by atoms with Gasteiger partial charge >= 0.3 is 5.97 Å². The summed E-state index contributed by atoms with van der Waals surface area (Å²) in [5, 5.41) is 3.80. The third-order valence-corrected chi connectivity index (χ3v) is 3.53. The Kier molecular flexibility index (Phi) is 4.66. The molecule has 2 aromatic carbocycles. The highest BCUT2D eigenvalue weighted by atomic mass is 79.9. The molecule has 0 spiro atoms. The minimum atomic E-state index is -1.13. The van der Waals surface area contributed by atoms with Gasteiger partial charge in [0.15, 0.2) is 18.2 Å². The van der Waals surface area contributed by atoms with Crippen molar-refractivity contribution >= 4 is 21.9 Å². The van der Waals surface area contributed by atoms with E-state index >= 15 is 0 Å². The van der Waals surface area contributed by atoms with Gasteiger partial charge in [-0.15, -0.1) is 0 Å². The molecule has 0 unspecified atom stereocenters. The van der Waals surface area contributed by atoms with Crippen molar-refractivity contribution in [2.24, 2.45) is 0 Å². The second kappa shape index (κ2) is 6.88. The molecule has 0 amide bonds. The largest absolute Gasteiger partial charge is 0.452 e. The van der Waals surface area contributed by atoms with E-state index in [4.69, 9.17) is 9.26 Å². The molecular weight excluding hydrogens is 386 g/mol. The lowest BCUT2D eigenvalue weighted by molar-refractivity contribution is 0.0429. The summed E-state index contributed by atoms with van der Waals surface area (Å²) in [6, 6.07) is 10.0. The third kappa shape index (κ3) is 3.65. The molecule has 0 saturated heterocycles. The number of benzene rings is 2. The van der Waals surface area contributed by atoms with Crippen LogP contribution in [0.3, 0.4) is 0 Å². The average Bonchev–Trinajstić information content (AvgIpc) is 3.04. The number of aromatic nitrogens is 2. The van der Waals surface area contributed by atoms with Gasteiger partial charge in [-0.2, -0.15) is 4.98 Å². The van der Waals surface area contributed by atoms with Crippen LogP contribution < -0.4 is 0 Å². The first-order valence-electron chi connectivity index (χ1n) is 6.73. The number of hydrogen-bond donors (Lipinski definition) is 0. The molecule has 0 radical (unpaired) electrons. The Labute approximate surface area is 143 Å². The fourth-order valence-electron chi connectivity index (χ4n) is 1.89. The molecule has 0 aliphatic heterocycles. The number of nitrogens with zero attached hydrogens (tertiary/aromatic N) is 2. The van der Waals surface area contributed by atoms with Gasteiger partial charge in [-0.25, -0.2) is 13.6 Å². The van der Waals surface area contributed by atoms with Crippen LogP contribution in [0.2, 0.25) is 0 Å². The molecule has 5 nitrogen and oxygen atoms in total. The molecule has 0 bridgehead atoms. The molecule has 0 aliphatic rings. The van der Waals surface area contributed by atoms with E-state index in [2.05, 4.69) is 26.1 Å². The van der Waals surface area contributed by atoms with E-state index in [0.29, 0.717) is 5.82 Å². The first kappa shape index (κ1) is 16.3. The minimum Gasteiger partial charge on any atom is -0.452 e. The van der Waals surface area contributed by atoms with Gasteiger partial charge in [0, 0.05) is 10.0 Å². The summed E-state index contributed by atoms with van der Waals surface area (Å²) in [5.74, 6) is -2.56. The van der Waals surface area contributed by atoms with E-state index in [-0.39, 0.29) is 18.1 Å². The Morgan fingerprint density at radius 2 is 2.00 bits per heavy atom. The first-order valence-corrected chi connectivity index (χ1v) is 7.53. The molecule has 0 aliphatic carbocycles. The monoisotopic (exact) mass is 394 g/mol. The van der Waals surface area contributed by atoms with Crippen molar-refractivity contribution in [2.45, 2.75) is 6.61 Å². The average molecular weight is 395 g/mol. The van der Waals surface area contributed by atoms with E-state index in [9.17, 15) is 13.6 Å². The van der Waals surface area contributed by atoms with E-state index in [1.807, 2.05) is 18.2 Å². The molecule has 1 aromatic heterocycles. The molecule has 8 heteroatoms. The normalized spacial score (nSPS) is 10.6. The number of rotatable bonds is 4. The third-order valence-electron chi connectivity index (χ3n) is 3.03. The standard InChI is InChI=1S/C16H9BrF2N2O3/c17-11-3-1-2-9(6-11)15-20-14(24-21-15)8-23-16(22)10-4-5-12(18)13(19)7-10/h1-7H,8H2. The van der Waals surface area contributed by atoms with Crippen LogP contribution in [-0.2, 0) is 11.3 Å². The van der Waals surface area contributed by atoms with Gasteiger partial charge in [0.2, 0.25) is 5.82 Å².